The Morgan fingerprint density at radius 1 is 1.16 bits per heavy atom. The Morgan fingerprint density at radius 3 is 2.80 bits per heavy atom. The summed E-state index contributed by atoms with van der Waals surface area (Å²) in [5.74, 6) is 1.63. The molecule has 0 amide bonds. The highest BCUT2D eigenvalue weighted by Gasteiger charge is 2.15. The molecule has 1 unspecified atom stereocenters. The second-order valence-electron chi connectivity index (χ2n) is 5.75. The highest BCUT2D eigenvalue weighted by atomic mass is 79.9. The van der Waals surface area contributed by atoms with Crippen molar-refractivity contribution in [3.05, 3.63) is 75.3 Å². The van der Waals surface area contributed by atoms with Crippen molar-refractivity contribution in [2.75, 3.05) is 13.2 Å². The van der Waals surface area contributed by atoms with E-state index < -0.39 is 6.10 Å². The third-order valence-corrected chi connectivity index (χ3v) is 4.98. The minimum atomic E-state index is -0.589. The second-order valence-corrected chi connectivity index (χ2v) is 7.70. The lowest BCUT2D eigenvalue weighted by atomic mass is 10.3. The van der Waals surface area contributed by atoms with Crippen LogP contribution in [-0.4, -0.2) is 29.3 Å². The summed E-state index contributed by atoms with van der Waals surface area (Å²) in [6.45, 7) is 2.17. The number of thiophene rings is 1. The molecule has 1 aromatic carbocycles. The molecule has 132 valence electrons. The number of hydrogen-bond donors (Lipinski definition) is 1. The highest BCUT2D eigenvalue weighted by molar-refractivity contribution is 9.10. The third kappa shape index (κ3) is 6.01. The first-order valence-corrected chi connectivity index (χ1v) is 9.70. The number of aliphatic hydroxyl groups excluding tert-OH is 1. The first kappa shape index (κ1) is 18.2. The molecule has 0 radical (unpaired) electrons. The average Bonchev–Trinajstić information content (AvgIpc) is 3.27. The zero-order valence-electron chi connectivity index (χ0n) is 13.7. The van der Waals surface area contributed by atoms with Crippen LogP contribution in [0.3, 0.4) is 0 Å². The summed E-state index contributed by atoms with van der Waals surface area (Å²) in [7, 11) is 0. The normalized spacial score (nSPS) is 12.4. The maximum atomic E-state index is 10.4. The molecule has 4 nitrogen and oxygen atoms in total. The fraction of sp³-hybridized carbons (Fsp3) is 0.263. The summed E-state index contributed by atoms with van der Waals surface area (Å²) >= 11 is 5.13. The average molecular weight is 422 g/mol. The van der Waals surface area contributed by atoms with Gasteiger partial charge >= 0.3 is 0 Å². The molecule has 1 N–H and O–H groups in total. The number of ether oxygens (including phenoxy) is 1. The Hall–Kier alpha value is -1.60. The predicted octanol–water partition coefficient (Wildman–Crippen LogP) is 4.55. The van der Waals surface area contributed by atoms with Crippen molar-refractivity contribution < 1.29 is 14.3 Å². The molecular weight excluding hydrogens is 402 g/mol. The van der Waals surface area contributed by atoms with Crippen molar-refractivity contribution in [1.82, 2.24) is 4.90 Å². The van der Waals surface area contributed by atoms with E-state index in [1.54, 1.807) is 17.6 Å². The molecule has 3 aromatic rings. The zero-order chi connectivity index (χ0) is 17.5. The molecule has 25 heavy (non-hydrogen) atoms. The highest BCUT2D eigenvalue weighted by Crippen LogP contribution is 2.19. The maximum absolute atomic E-state index is 10.4. The van der Waals surface area contributed by atoms with Gasteiger partial charge in [-0.15, -0.1) is 11.3 Å². The fourth-order valence-electron chi connectivity index (χ4n) is 2.53. The molecule has 3 rings (SSSR count). The molecule has 0 saturated heterocycles. The third-order valence-electron chi connectivity index (χ3n) is 3.63. The first-order valence-electron chi connectivity index (χ1n) is 8.02. The van der Waals surface area contributed by atoms with Gasteiger partial charge in [0.15, 0.2) is 0 Å². The van der Waals surface area contributed by atoms with Gasteiger partial charge in [0, 0.05) is 22.4 Å². The SMILES string of the molecule is OC(COc1cccc(Br)c1)CN(Cc1ccco1)Cc1cccs1. The van der Waals surface area contributed by atoms with Gasteiger partial charge in [-0.2, -0.15) is 0 Å². The van der Waals surface area contributed by atoms with Gasteiger partial charge in [-0.05, 0) is 41.8 Å². The Kier molecular flexibility index (Phi) is 6.69. The van der Waals surface area contributed by atoms with Crippen LogP contribution in [0.4, 0.5) is 0 Å². The molecule has 1 atom stereocenters. The van der Waals surface area contributed by atoms with E-state index in [-0.39, 0.29) is 6.61 Å². The van der Waals surface area contributed by atoms with E-state index in [4.69, 9.17) is 9.15 Å². The monoisotopic (exact) mass is 421 g/mol. The van der Waals surface area contributed by atoms with Crippen molar-refractivity contribution in [3.63, 3.8) is 0 Å². The van der Waals surface area contributed by atoms with Gasteiger partial charge in [-0.25, -0.2) is 0 Å². The lowest BCUT2D eigenvalue weighted by Crippen LogP contribution is -2.34. The van der Waals surface area contributed by atoms with E-state index in [9.17, 15) is 5.11 Å². The van der Waals surface area contributed by atoms with E-state index in [1.807, 2.05) is 42.5 Å². The first-order chi connectivity index (χ1) is 12.2. The Bertz CT molecular complexity index is 710. The molecule has 2 heterocycles. The predicted molar refractivity (Wildman–Crippen MR) is 103 cm³/mol. The molecule has 2 aromatic heterocycles. The van der Waals surface area contributed by atoms with Crippen LogP contribution in [0.25, 0.3) is 0 Å². The van der Waals surface area contributed by atoms with E-state index >= 15 is 0 Å². The summed E-state index contributed by atoms with van der Waals surface area (Å²) in [6.07, 6.45) is 1.08. The molecule has 0 aliphatic carbocycles. The van der Waals surface area contributed by atoms with Crippen LogP contribution in [0.15, 0.2) is 69.1 Å². The molecular formula is C19H20BrNO3S. The number of rotatable bonds is 9. The summed E-state index contributed by atoms with van der Waals surface area (Å²) in [6, 6.07) is 15.6. The lowest BCUT2D eigenvalue weighted by molar-refractivity contribution is 0.0608. The summed E-state index contributed by atoms with van der Waals surface area (Å²) in [5, 5.41) is 12.5. The summed E-state index contributed by atoms with van der Waals surface area (Å²) in [5.41, 5.74) is 0. The van der Waals surface area contributed by atoms with E-state index in [0.29, 0.717) is 13.1 Å². The molecule has 0 spiro atoms. The van der Waals surface area contributed by atoms with Crippen LogP contribution < -0.4 is 4.74 Å². The minimum absolute atomic E-state index is 0.246. The molecule has 0 fully saturated rings. The van der Waals surface area contributed by atoms with Crippen molar-refractivity contribution >= 4 is 27.3 Å². The number of hydrogen-bond acceptors (Lipinski definition) is 5. The van der Waals surface area contributed by atoms with Crippen molar-refractivity contribution in [2.45, 2.75) is 19.2 Å². The van der Waals surface area contributed by atoms with Gasteiger partial charge in [-0.3, -0.25) is 4.90 Å². The van der Waals surface area contributed by atoms with Crippen LogP contribution in [-0.2, 0) is 13.1 Å². The number of halogens is 1. The van der Waals surface area contributed by atoms with Gasteiger partial charge in [0.1, 0.15) is 24.2 Å². The van der Waals surface area contributed by atoms with E-state index in [1.165, 1.54) is 4.88 Å². The summed E-state index contributed by atoms with van der Waals surface area (Å²) < 4.78 is 12.1. The van der Waals surface area contributed by atoms with Gasteiger partial charge in [-0.1, -0.05) is 28.1 Å². The molecule has 0 bridgehead atoms. The van der Waals surface area contributed by atoms with E-state index in [0.717, 1.165) is 22.5 Å². The second kappa shape index (κ2) is 9.20. The van der Waals surface area contributed by atoms with Crippen molar-refractivity contribution in [1.29, 1.82) is 0 Å². The van der Waals surface area contributed by atoms with Gasteiger partial charge in [0.2, 0.25) is 0 Å². The van der Waals surface area contributed by atoms with Gasteiger partial charge in [0.25, 0.3) is 0 Å². The Balaban J connectivity index is 1.56. The number of aliphatic hydroxyl groups is 1. The van der Waals surface area contributed by atoms with Crippen LogP contribution in [0, 0.1) is 0 Å². The maximum Gasteiger partial charge on any atom is 0.120 e. The van der Waals surface area contributed by atoms with Gasteiger partial charge in [0.05, 0.1) is 12.8 Å². The van der Waals surface area contributed by atoms with Gasteiger partial charge < -0.3 is 14.3 Å². The zero-order valence-corrected chi connectivity index (χ0v) is 16.1. The molecule has 6 heteroatoms. The largest absolute Gasteiger partial charge is 0.491 e. The fourth-order valence-corrected chi connectivity index (χ4v) is 3.66. The Morgan fingerprint density at radius 2 is 2.08 bits per heavy atom. The molecule has 0 aliphatic rings. The minimum Gasteiger partial charge on any atom is -0.491 e. The van der Waals surface area contributed by atoms with Crippen LogP contribution >= 0.6 is 27.3 Å². The van der Waals surface area contributed by atoms with Crippen LogP contribution in [0.5, 0.6) is 5.75 Å². The van der Waals surface area contributed by atoms with Crippen LogP contribution in [0.1, 0.15) is 10.6 Å². The van der Waals surface area contributed by atoms with Crippen molar-refractivity contribution in [3.8, 4) is 5.75 Å². The summed E-state index contributed by atoms with van der Waals surface area (Å²) in [4.78, 5) is 3.42. The molecule has 0 saturated carbocycles. The van der Waals surface area contributed by atoms with E-state index in [2.05, 4.69) is 32.3 Å². The van der Waals surface area contributed by atoms with Crippen LogP contribution in [0.2, 0.25) is 0 Å². The number of nitrogens with zero attached hydrogens (tertiary/aromatic N) is 1. The smallest absolute Gasteiger partial charge is 0.120 e. The topological polar surface area (TPSA) is 45.8 Å². The standard InChI is InChI=1S/C19H20BrNO3S/c20-15-4-1-5-17(10-15)24-14-16(22)11-21(12-18-6-2-8-23-18)13-19-7-3-9-25-19/h1-10,16,22H,11-14H2. The number of benzene rings is 1. The quantitative estimate of drug-likeness (QED) is 0.550. The van der Waals surface area contributed by atoms with Crippen molar-refractivity contribution in [2.24, 2.45) is 0 Å². The molecule has 0 aliphatic heterocycles. The lowest BCUT2D eigenvalue weighted by Gasteiger charge is -2.24. The Labute approximate surface area is 159 Å². The number of furan rings is 1.